The van der Waals surface area contributed by atoms with E-state index in [1.165, 1.54) is 23.1 Å². The molecular weight excluding hydrogens is 412 g/mol. The van der Waals surface area contributed by atoms with Crippen molar-refractivity contribution in [3.8, 4) is 22.2 Å². The molecule has 26 heavy (non-hydrogen) atoms. The zero-order valence-corrected chi connectivity index (χ0v) is 15.9. The number of fused-ring (bicyclic) bond motifs is 1. The molecule has 5 aromatic heterocycles. The third-order valence-electron chi connectivity index (χ3n) is 3.40. The van der Waals surface area contributed by atoms with Crippen molar-refractivity contribution in [2.24, 2.45) is 0 Å². The van der Waals surface area contributed by atoms with Gasteiger partial charge in [0.05, 0.1) is 9.21 Å². The summed E-state index contributed by atoms with van der Waals surface area (Å²) in [6.45, 7) is 0. The second-order valence-electron chi connectivity index (χ2n) is 5.06. The molecule has 0 unspecified atom stereocenters. The Bertz CT molecular complexity index is 1200. The predicted octanol–water partition coefficient (Wildman–Crippen LogP) is 4.77. The molecule has 5 aromatic rings. The minimum Gasteiger partial charge on any atom is -0.410 e. The maximum absolute atomic E-state index is 5.95. The lowest BCUT2D eigenvalue weighted by Gasteiger charge is -1.99. The number of thiophene rings is 2. The number of halogens is 1. The Kier molecular flexibility index (Phi) is 3.97. The summed E-state index contributed by atoms with van der Waals surface area (Å²) in [4.78, 5) is 0.830. The summed E-state index contributed by atoms with van der Waals surface area (Å²) >= 11 is 10.2. The van der Waals surface area contributed by atoms with Gasteiger partial charge in [-0.3, -0.25) is 0 Å². The van der Waals surface area contributed by atoms with E-state index in [4.69, 9.17) is 16.0 Å². The number of hydrogen-bond donors (Lipinski definition) is 0. The fourth-order valence-corrected chi connectivity index (χ4v) is 4.51. The third-order valence-corrected chi connectivity index (χ3v) is 6.07. The van der Waals surface area contributed by atoms with E-state index in [0.717, 1.165) is 10.4 Å². The highest BCUT2D eigenvalue weighted by Gasteiger charge is 2.15. The highest BCUT2D eigenvalue weighted by atomic mass is 35.5. The SMILES string of the molecule is Clc1ccc(-c2nnc(Sc3ccc4nnc(-c5ccsc5)n4n3)o2)s1. The topological polar surface area (TPSA) is 82.0 Å². The van der Waals surface area contributed by atoms with Crippen molar-refractivity contribution < 1.29 is 4.42 Å². The molecule has 0 aliphatic heterocycles. The van der Waals surface area contributed by atoms with E-state index in [9.17, 15) is 0 Å². The molecule has 0 N–H and O–H groups in total. The highest BCUT2D eigenvalue weighted by molar-refractivity contribution is 7.99. The number of nitrogens with zero attached hydrogens (tertiary/aromatic N) is 6. The third kappa shape index (κ3) is 2.90. The molecule has 0 aliphatic carbocycles. The largest absolute Gasteiger partial charge is 0.410 e. The maximum Gasteiger partial charge on any atom is 0.283 e. The standard InChI is InChI=1S/C15H7ClN6OS3/c16-10-2-1-9(25-10)14-19-20-15(23-14)26-12-4-3-11-17-18-13(22(11)21-12)8-5-6-24-7-8/h1-7H. The fourth-order valence-electron chi connectivity index (χ4n) is 2.27. The highest BCUT2D eigenvalue weighted by Crippen LogP contribution is 2.33. The van der Waals surface area contributed by atoms with Crippen LogP contribution in [0.2, 0.25) is 4.34 Å². The molecule has 0 bridgehead atoms. The summed E-state index contributed by atoms with van der Waals surface area (Å²) in [5.74, 6) is 1.14. The van der Waals surface area contributed by atoms with Crippen LogP contribution in [0.5, 0.6) is 0 Å². The van der Waals surface area contributed by atoms with Gasteiger partial charge < -0.3 is 4.42 Å². The van der Waals surface area contributed by atoms with Crippen LogP contribution in [0.15, 0.2) is 55.8 Å². The Morgan fingerprint density at radius 2 is 2.00 bits per heavy atom. The monoisotopic (exact) mass is 418 g/mol. The molecule has 0 radical (unpaired) electrons. The molecule has 0 saturated carbocycles. The van der Waals surface area contributed by atoms with Gasteiger partial charge in [-0.2, -0.15) is 21.0 Å². The van der Waals surface area contributed by atoms with Crippen LogP contribution < -0.4 is 0 Å². The molecular formula is C15H7ClN6OS3. The van der Waals surface area contributed by atoms with Gasteiger partial charge in [-0.1, -0.05) is 11.6 Å². The van der Waals surface area contributed by atoms with Gasteiger partial charge in [0.2, 0.25) is 0 Å². The summed E-state index contributed by atoms with van der Waals surface area (Å²) in [5.41, 5.74) is 1.65. The fraction of sp³-hybridized carbons (Fsp3) is 0. The Morgan fingerprint density at radius 3 is 2.81 bits per heavy atom. The molecule has 128 valence electrons. The average molecular weight is 419 g/mol. The predicted molar refractivity (Wildman–Crippen MR) is 101 cm³/mol. The molecule has 11 heteroatoms. The van der Waals surface area contributed by atoms with Gasteiger partial charge >= 0.3 is 0 Å². The van der Waals surface area contributed by atoms with Crippen LogP contribution >= 0.6 is 46.0 Å². The van der Waals surface area contributed by atoms with Crippen LogP contribution in [-0.2, 0) is 0 Å². The van der Waals surface area contributed by atoms with Gasteiger partial charge in [0.1, 0.15) is 5.03 Å². The Labute approximate surface area is 163 Å². The number of aromatic nitrogens is 6. The summed E-state index contributed by atoms with van der Waals surface area (Å²) in [6, 6.07) is 9.33. The normalized spacial score (nSPS) is 11.4. The quantitative estimate of drug-likeness (QED) is 0.415. The van der Waals surface area contributed by atoms with Gasteiger partial charge in [-0.25, -0.2) is 0 Å². The average Bonchev–Trinajstić information content (AvgIpc) is 3.41. The molecule has 7 nitrogen and oxygen atoms in total. The smallest absolute Gasteiger partial charge is 0.283 e. The van der Waals surface area contributed by atoms with Crippen LogP contribution in [0.1, 0.15) is 0 Å². The van der Waals surface area contributed by atoms with Crippen LogP contribution in [0, 0.1) is 0 Å². The molecule has 0 aromatic carbocycles. The molecule has 0 atom stereocenters. The van der Waals surface area contributed by atoms with Crippen LogP contribution in [0.4, 0.5) is 0 Å². The first-order valence-electron chi connectivity index (χ1n) is 7.28. The van der Waals surface area contributed by atoms with Crippen molar-refractivity contribution in [1.82, 2.24) is 30.0 Å². The Balaban J connectivity index is 1.46. The zero-order chi connectivity index (χ0) is 17.5. The van der Waals surface area contributed by atoms with Gasteiger partial charge in [-0.05, 0) is 47.5 Å². The van der Waals surface area contributed by atoms with Crippen LogP contribution in [0.3, 0.4) is 0 Å². The van der Waals surface area contributed by atoms with E-state index in [1.807, 2.05) is 35.0 Å². The summed E-state index contributed by atoms with van der Waals surface area (Å²) in [6.07, 6.45) is 0. The van der Waals surface area contributed by atoms with Crippen molar-refractivity contribution in [2.75, 3.05) is 0 Å². The summed E-state index contributed by atoms with van der Waals surface area (Å²) < 4.78 is 8.08. The van der Waals surface area contributed by atoms with Crippen molar-refractivity contribution in [2.45, 2.75) is 10.2 Å². The molecule has 0 aliphatic rings. The Morgan fingerprint density at radius 1 is 1.04 bits per heavy atom. The van der Waals surface area contributed by atoms with E-state index in [1.54, 1.807) is 21.9 Å². The molecule has 5 rings (SSSR count). The minimum absolute atomic E-state index is 0.404. The molecule has 0 fully saturated rings. The van der Waals surface area contributed by atoms with Crippen molar-refractivity contribution in [1.29, 1.82) is 0 Å². The zero-order valence-electron chi connectivity index (χ0n) is 12.7. The second kappa shape index (κ2) is 6.47. The minimum atomic E-state index is 0.404. The molecule has 0 spiro atoms. The first-order chi connectivity index (χ1) is 12.8. The van der Waals surface area contributed by atoms with Gasteiger partial charge in [0, 0.05) is 10.9 Å². The molecule has 5 heterocycles. The first kappa shape index (κ1) is 15.9. The van der Waals surface area contributed by atoms with Crippen molar-refractivity contribution >= 4 is 51.7 Å². The number of rotatable bonds is 4. The van der Waals surface area contributed by atoms with E-state index < -0.39 is 0 Å². The van der Waals surface area contributed by atoms with Gasteiger partial charge in [0.15, 0.2) is 11.5 Å². The van der Waals surface area contributed by atoms with Gasteiger partial charge in [0.25, 0.3) is 11.1 Å². The maximum atomic E-state index is 5.95. The summed E-state index contributed by atoms with van der Waals surface area (Å²) in [5, 5.41) is 26.2. The van der Waals surface area contributed by atoms with Crippen LogP contribution in [0.25, 0.3) is 27.8 Å². The summed E-state index contributed by atoms with van der Waals surface area (Å²) in [7, 11) is 0. The second-order valence-corrected chi connectivity index (χ2v) is 8.52. The van der Waals surface area contributed by atoms with E-state index in [-0.39, 0.29) is 0 Å². The molecule has 0 amide bonds. The lowest BCUT2D eigenvalue weighted by molar-refractivity contribution is 0.466. The van der Waals surface area contributed by atoms with E-state index >= 15 is 0 Å². The lowest BCUT2D eigenvalue weighted by Crippen LogP contribution is -1.95. The Hall–Kier alpha value is -2.27. The number of hydrogen-bond acceptors (Lipinski definition) is 9. The van der Waals surface area contributed by atoms with Crippen molar-refractivity contribution in [3.05, 3.63) is 45.4 Å². The molecule has 0 saturated heterocycles. The van der Waals surface area contributed by atoms with E-state index in [2.05, 4.69) is 25.5 Å². The lowest BCUT2D eigenvalue weighted by atomic mass is 10.3. The van der Waals surface area contributed by atoms with Gasteiger partial charge in [-0.15, -0.1) is 31.7 Å². The first-order valence-corrected chi connectivity index (χ1v) is 10.2. The van der Waals surface area contributed by atoms with Crippen LogP contribution in [-0.4, -0.2) is 30.0 Å². The van der Waals surface area contributed by atoms with Crippen molar-refractivity contribution in [3.63, 3.8) is 0 Å². The van der Waals surface area contributed by atoms with E-state index in [0.29, 0.717) is 31.9 Å².